The number of benzene rings is 1. The minimum absolute atomic E-state index is 0.282. The summed E-state index contributed by atoms with van der Waals surface area (Å²) in [5.74, 6) is 0.314. The van der Waals surface area contributed by atoms with Gasteiger partial charge in [0.05, 0.1) is 22.3 Å². The van der Waals surface area contributed by atoms with Gasteiger partial charge in [-0.25, -0.2) is 8.42 Å². The van der Waals surface area contributed by atoms with Crippen LogP contribution in [0, 0.1) is 0 Å². The minimum atomic E-state index is -4.62. The maximum atomic E-state index is 12.8. The zero-order valence-electron chi connectivity index (χ0n) is 15.4. The molecule has 0 bridgehead atoms. The summed E-state index contributed by atoms with van der Waals surface area (Å²) in [5.41, 5.74) is -0.648. The number of alkyl halides is 3. The van der Waals surface area contributed by atoms with Gasteiger partial charge < -0.3 is 4.52 Å². The van der Waals surface area contributed by atoms with Gasteiger partial charge in [-0.3, -0.25) is 0 Å². The van der Waals surface area contributed by atoms with Gasteiger partial charge in [-0.2, -0.15) is 17.5 Å². The van der Waals surface area contributed by atoms with Crippen LogP contribution in [0.15, 0.2) is 33.7 Å². The number of hydrogen-bond acceptors (Lipinski definition) is 4. The minimum Gasteiger partial charge on any atom is -0.359 e. The summed E-state index contributed by atoms with van der Waals surface area (Å²) < 4.78 is 70.2. The predicted octanol–water partition coefficient (Wildman–Crippen LogP) is 5.03. The number of halogens is 4. The molecule has 1 aromatic carbocycles. The number of hydrogen-bond donors (Lipinski definition) is 0. The number of nitrogens with zero attached hydrogens (tertiary/aromatic N) is 2. The second kappa shape index (κ2) is 7.10. The first kappa shape index (κ1) is 21.7. The van der Waals surface area contributed by atoms with Crippen LogP contribution in [0.25, 0.3) is 0 Å². The maximum absolute atomic E-state index is 12.8. The first-order chi connectivity index (χ1) is 12.2. The standard InChI is InChI=1S/C17H20ClF3N2O3S/c1-10(13-9-15(22-26-13)16(2,3)4)23(5)27(24,25)14-7-6-11(8-12(14)18)17(19,20)21/h6-10H,1-5H3. The van der Waals surface area contributed by atoms with Crippen LogP contribution in [0.3, 0.4) is 0 Å². The molecule has 0 amide bonds. The smallest absolute Gasteiger partial charge is 0.359 e. The average molecular weight is 425 g/mol. The Balaban J connectivity index is 2.37. The van der Waals surface area contributed by atoms with Crippen LogP contribution >= 0.6 is 11.6 Å². The van der Waals surface area contributed by atoms with Crippen molar-refractivity contribution in [1.29, 1.82) is 0 Å². The second-order valence-corrected chi connectivity index (χ2v) is 9.58. The van der Waals surface area contributed by atoms with E-state index in [9.17, 15) is 21.6 Å². The van der Waals surface area contributed by atoms with Crippen molar-refractivity contribution < 1.29 is 26.1 Å². The molecule has 2 aromatic rings. The van der Waals surface area contributed by atoms with Crippen molar-refractivity contribution in [2.45, 2.75) is 50.2 Å². The Bertz CT molecular complexity index is 934. The van der Waals surface area contributed by atoms with Crippen LogP contribution in [-0.2, 0) is 21.6 Å². The highest BCUT2D eigenvalue weighted by molar-refractivity contribution is 7.89. The molecule has 1 aromatic heterocycles. The largest absolute Gasteiger partial charge is 0.416 e. The molecule has 10 heteroatoms. The van der Waals surface area contributed by atoms with Crippen molar-refractivity contribution in [2.24, 2.45) is 0 Å². The Morgan fingerprint density at radius 1 is 1.19 bits per heavy atom. The monoisotopic (exact) mass is 424 g/mol. The fourth-order valence-electron chi connectivity index (χ4n) is 2.27. The highest BCUT2D eigenvalue weighted by Gasteiger charge is 2.35. The third kappa shape index (κ3) is 4.47. The molecule has 0 aliphatic carbocycles. The molecule has 0 N–H and O–H groups in total. The summed E-state index contributed by atoms with van der Waals surface area (Å²) in [4.78, 5) is -0.415. The summed E-state index contributed by atoms with van der Waals surface area (Å²) >= 11 is 5.84. The summed E-state index contributed by atoms with van der Waals surface area (Å²) in [6.45, 7) is 7.38. The van der Waals surface area contributed by atoms with Crippen LogP contribution in [0.1, 0.15) is 50.8 Å². The molecule has 0 saturated heterocycles. The zero-order chi connectivity index (χ0) is 20.8. The van der Waals surface area contributed by atoms with Crippen molar-refractivity contribution in [3.8, 4) is 0 Å². The number of rotatable bonds is 4. The fraction of sp³-hybridized carbons (Fsp3) is 0.471. The van der Waals surface area contributed by atoms with Crippen LogP contribution in [-0.4, -0.2) is 24.9 Å². The maximum Gasteiger partial charge on any atom is 0.416 e. The highest BCUT2D eigenvalue weighted by atomic mass is 35.5. The SMILES string of the molecule is CC(c1cc(C(C)(C)C)no1)N(C)S(=O)(=O)c1ccc(C(F)(F)F)cc1Cl. The van der Waals surface area contributed by atoms with Crippen molar-refractivity contribution >= 4 is 21.6 Å². The van der Waals surface area contributed by atoms with Crippen molar-refractivity contribution in [2.75, 3.05) is 7.05 Å². The summed E-state index contributed by atoms with van der Waals surface area (Å²) in [7, 11) is -2.86. The van der Waals surface area contributed by atoms with Crippen molar-refractivity contribution in [3.05, 3.63) is 46.3 Å². The Morgan fingerprint density at radius 3 is 2.22 bits per heavy atom. The van der Waals surface area contributed by atoms with E-state index in [0.717, 1.165) is 10.4 Å². The summed E-state index contributed by atoms with van der Waals surface area (Å²) in [6, 6.07) is 3.05. The molecule has 0 saturated carbocycles. The molecule has 1 heterocycles. The first-order valence-corrected chi connectivity index (χ1v) is 9.79. The van der Waals surface area contributed by atoms with E-state index in [0.29, 0.717) is 23.6 Å². The van der Waals surface area contributed by atoms with Gasteiger partial charge in [-0.05, 0) is 25.1 Å². The van der Waals surface area contributed by atoms with Crippen LogP contribution in [0.4, 0.5) is 13.2 Å². The average Bonchev–Trinajstić information content (AvgIpc) is 3.02. The lowest BCUT2D eigenvalue weighted by Gasteiger charge is -2.23. The molecule has 5 nitrogen and oxygen atoms in total. The molecule has 2 rings (SSSR count). The van der Waals surface area contributed by atoms with E-state index in [2.05, 4.69) is 5.16 Å². The fourth-order valence-corrected chi connectivity index (χ4v) is 4.12. The Morgan fingerprint density at radius 2 is 1.78 bits per heavy atom. The zero-order valence-corrected chi connectivity index (χ0v) is 17.0. The molecule has 0 spiro atoms. The molecule has 150 valence electrons. The van der Waals surface area contributed by atoms with Gasteiger partial charge in [0.25, 0.3) is 0 Å². The number of sulfonamides is 1. The molecular weight excluding hydrogens is 405 g/mol. The Hall–Kier alpha value is -1.58. The molecule has 0 fully saturated rings. The number of aromatic nitrogens is 1. The normalized spacial score (nSPS) is 14.6. The highest BCUT2D eigenvalue weighted by Crippen LogP contribution is 2.36. The van der Waals surface area contributed by atoms with Gasteiger partial charge in [-0.15, -0.1) is 0 Å². The van der Waals surface area contributed by atoms with E-state index in [-0.39, 0.29) is 5.41 Å². The lowest BCUT2D eigenvalue weighted by Crippen LogP contribution is -2.30. The van der Waals surface area contributed by atoms with Gasteiger partial charge in [0.2, 0.25) is 10.0 Å². The van der Waals surface area contributed by atoms with Gasteiger partial charge in [-0.1, -0.05) is 37.5 Å². The molecule has 27 heavy (non-hydrogen) atoms. The molecule has 1 atom stereocenters. The van der Waals surface area contributed by atoms with Gasteiger partial charge in [0.15, 0.2) is 5.76 Å². The van der Waals surface area contributed by atoms with Crippen molar-refractivity contribution in [3.63, 3.8) is 0 Å². The summed E-state index contributed by atoms with van der Waals surface area (Å²) in [6.07, 6.45) is -4.62. The third-order valence-corrected chi connectivity index (χ3v) is 6.58. The van der Waals surface area contributed by atoms with E-state index in [4.69, 9.17) is 16.1 Å². The van der Waals surface area contributed by atoms with E-state index in [1.54, 1.807) is 13.0 Å². The molecule has 1 unspecified atom stereocenters. The van der Waals surface area contributed by atoms with E-state index in [1.807, 2.05) is 20.8 Å². The molecule has 0 radical (unpaired) electrons. The van der Waals surface area contributed by atoms with E-state index < -0.39 is 37.7 Å². The third-order valence-electron chi connectivity index (χ3n) is 4.17. The van der Waals surface area contributed by atoms with E-state index >= 15 is 0 Å². The van der Waals surface area contributed by atoms with E-state index in [1.165, 1.54) is 7.05 Å². The first-order valence-electron chi connectivity index (χ1n) is 7.97. The van der Waals surface area contributed by atoms with Gasteiger partial charge in [0.1, 0.15) is 4.90 Å². The molecule has 0 aliphatic rings. The predicted molar refractivity (Wildman–Crippen MR) is 95.0 cm³/mol. The van der Waals surface area contributed by atoms with Gasteiger partial charge in [0, 0.05) is 18.5 Å². The van der Waals surface area contributed by atoms with Gasteiger partial charge >= 0.3 is 6.18 Å². The topological polar surface area (TPSA) is 63.4 Å². The second-order valence-electron chi connectivity index (χ2n) is 7.20. The van der Waals surface area contributed by atoms with Crippen molar-refractivity contribution in [1.82, 2.24) is 9.46 Å². The Kier molecular flexibility index (Phi) is 5.71. The van der Waals surface area contributed by atoms with Crippen LogP contribution in [0.2, 0.25) is 5.02 Å². The molecular formula is C17H20ClF3N2O3S. The quantitative estimate of drug-likeness (QED) is 0.690. The van der Waals surface area contributed by atoms with Crippen LogP contribution in [0.5, 0.6) is 0 Å². The lowest BCUT2D eigenvalue weighted by atomic mass is 9.92. The Labute approximate surface area is 161 Å². The lowest BCUT2D eigenvalue weighted by molar-refractivity contribution is -0.137. The van der Waals surface area contributed by atoms with Crippen LogP contribution < -0.4 is 0 Å². The molecule has 0 aliphatic heterocycles. The summed E-state index contributed by atoms with van der Waals surface area (Å²) in [5, 5.41) is 3.45.